The van der Waals surface area contributed by atoms with Gasteiger partial charge < -0.3 is 10.2 Å². The van der Waals surface area contributed by atoms with Crippen molar-refractivity contribution in [2.75, 3.05) is 26.2 Å². The summed E-state index contributed by atoms with van der Waals surface area (Å²) in [5.41, 5.74) is 3.77. The van der Waals surface area contributed by atoms with Crippen LogP contribution in [0, 0.1) is 13.8 Å². The van der Waals surface area contributed by atoms with Crippen LogP contribution in [-0.4, -0.2) is 40.5 Å². The molecule has 0 bridgehead atoms. The molecule has 3 heterocycles. The maximum atomic E-state index is 4.65. The monoisotopic (exact) mass is 306 g/mol. The third-order valence-corrected chi connectivity index (χ3v) is 5.37. The van der Waals surface area contributed by atoms with E-state index in [1.807, 2.05) is 0 Å². The molecule has 0 amide bonds. The molecule has 21 heavy (non-hydrogen) atoms. The number of hydrogen-bond acceptors (Lipinski definition) is 4. The second-order valence-electron chi connectivity index (χ2n) is 6.07. The minimum atomic E-state index is 0.915. The second kappa shape index (κ2) is 6.90. The van der Waals surface area contributed by atoms with Crippen molar-refractivity contribution in [1.82, 2.24) is 19.6 Å². The number of hydrogen-bond donors (Lipinski definition) is 1. The summed E-state index contributed by atoms with van der Waals surface area (Å²) in [5, 5.41) is 5.79. The number of aromatic nitrogens is 2. The van der Waals surface area contributed by atoms with Gasteiger partial charge in [-0.3, -0.25) is 4.40 Å². The molecule has 1 saturated heterocycles. The van der Waals surface area contributed by atoms with Gasteiger partial charge in [0.05, 0.1) is 11.4 Å². The predicted molar refractivity (Wildman–Crippen MR) is 89.2 cm³/mol. The van der Waals surface area contributed by atoms with Gasteiger partial charge in [0.25, 0.3) is 0 Å². The first-order chi connectivity index (χ1) is 10.3. The predicted octanol–water partition coefficient (Wildman–Crippen LogP) is 2.98. The number of aryl methyl sites for hydroxylation is 2. The van der Waals surface area contributed by atoms with Gasteiger partial charge >= 0.3 is 0 Å². The second-order valence-corrected chi connectivity index (χ2v) is 6.91. The van der Waals surface area contributed by atoms with Crippen molar-refractivity contribution in [2.45, 2.75) is 46.1 Å². The Morgan fingerprint density at radius 2 is 1.95 bits per heavy atom. The third kappa shape index (κ3) is 3.47. The van der Waals surface area contributed by atoms with E-state index in [2.05, 4.69) is 38.8 Å². The van der Waals surface area contributed by atoms with E-state index < -0.39 is 0 Å². The summed E-state index contributed by atoms with van der Waals surface area (Å²) in [6, 6.07) is 0. The summed E-state index contributed by atoms with van der Waals surface area (Å²) in [4.78, 5) is 8.37. The highest BCUT2D eigenvalue weighted by Crippen LogP contribution is 2.20. The van der Waals surface area contributed by atoms with Crippen LogP contribution in [0.3, 0.4) is 0 Å². The Morgan fingerprint density at radius 1 is 1.19 bits per heavy atom. The van der Waals surface area contributed by atoms with Gasteiger partial charge in [-0.05, 0) is 39.8 Å². The fourth-order valence-corrected chi connectivity index (χ4v) is 4.11. The first kappa shape index (κ1) is 15.0. The third-order valence-electron chi connectivity index (χ3n) is 4.43. The van der Waals surface area contributed by atoms with Gasteiger partial charge in [-0.25, -0.2) is 4.98 Å². The highest BCUT2D eigenvalue weighted by Gasteiger charge is 2.12. The van der Waals surface area contributed by atoms with Gasteiger partial charge in [0.15, 0.2) is 4.96 Å². The average Bonchev–Trinajstić information content (AvgIpc) is 2.84. The normalized spacial score (nSPS) is 17.4. The number of likely N-dealkylation sites (tertiary alicyclic amines) is 1. The van der Waals surface area contributed by atoms with Crippen LogP contribution < -0.4 is 5.32 Å². The largest absolute Gasteiger partial charge is 0.310 e. The number of thiazole rings is 1. The summed E-state index contributed by atoms with van der Waals surface area (Å²) in [5.74, 6) is 0. The summed E-state index contributed by atoms with van der Waals surface area (Å²) < 4.78 is 2.29. The molecule has 1 aliphatic rings. The van der Waals surface area contributed by atoms with Gasteiger partial charge in [0.1, 0.15) is 0 Å². The Balaban J connectivity index is 1.52. The smallest absolute Gasteiger partial charge is 0.194 e. The lowest BCUT2D eigenvalue weighted by atomic mass is 10.2. The maximum Gasteiger partial charge on any atom is 0.194 e. The molecule has 0 unspecified atom stereocenters. The van der Waals surface area contributed by atoms with E-state index in [0.29, 0.717) is 0 Å². The molecule has 0 aromatic carbocycles. The number of nitrogens with one attached hydrogen (secondary N) is 1. The van der Waals surface area contributed by atoms with Gasteiger partial charge in [-0.15, -0.1) is 11.3 Å². The van der Waals surface area contributed by atoms with Gasteiger partial charge in [-0.1, -0.05) is 12.8 Å². The molecule has 2 aromatic rings. The quantitative estimate of drug-likeness (QED) is 0.862. The molecular formula is C16H26N4S. The molecule has 1 aliphatic heterocycles. The Labute approximate surface area is 131 Å². The first-order valence-corrected chi connectivity index (χ1v) is 8.99. The van der Waals surface area contributed by atoms with Crippen molar-refractivity contribution in [3.05, 3.63) is 22.5 Å². The van der Waals surface area contributed by atoms with Crippen LogP contribution >= 0.6 is 11.3 Å². The highest BCUT2D eigenvalue weighted by atomic mass is 32.1. The van der Waals surface area contributed by atoms with Crippen LogP contribution in [0.4, 0.5) is 0 Å². The lowest BCUT2D eigenvalue weighted by Crippen LogP contribution is -2.32. The van der Waals surface area contributed by atoms with Crippen LogP contribution in [-0.2, 0) is 6.54 Å². The van der Waals surface area contributed by atoms with E-state index in [0.717, 1.165) is 23.7 Å². The molecule has 0 aliphatic carbocycles. The Kier molecular flexibility index (Phi) is 4.93. The molecule has 1 N–H and O–H groups in total. The van der Waals surface area contributed by atoms with Crippen LogP contribution in [0.15, 0.2) is 5.38 Å². The molecule has 0 radical (unpaired) electrons. The Hall–Kier alpha value is -0.910. The van der Waals surface area contributed by atoms with Crippen molar-refractivity contribution < 1.29 is 0 Å². The fraction of sp³-hybridized carbons (Fsp3) is 0.688. The number of rotatable bonds is 5. The van der Waals surface area contributed by atoms with Crippen LogP contribution in [0.1, 0.15) is 42.8 Å². The number of nitrogens with zero attached hydrogens (tertiary/aromatic N) is 3. The maximum absolute atomic E-state index is 4.65. The van der Waals surface area contributed by atoms with Crippen LogP contribution in [0.25, 0.3) is 4.96 Å². The lowest BCUT2D eigenvalue weighted by molar-refractivity contribution is 0.284. The summed E-state index contributed by atoms with van der Waals surface area (Å²) in [6.45, 7) is 9.98. The molecule has 2 aromatic heterocycles. The Morgan fingerprint density at radius 3 is 2.71 bits per heavy atom. The minimum Gasteiger partial charge on any atom is -0.310 e. The average molecular weight is 306 g/mol. The first-order valence-electron chi connectivity index (χ1n) is 8.11. The van der Waals surface area contributed by atoms with Gasteiger partial charge in [-0.2, -0.15) is 0 Å². The fourth-order valence-electron chi connectivity index (χ4n) is 3.18. The minimum absolute atomic E-state index is 0.915. The number of imidazole rings is 1. The van der Waals surface area contributed by atoms with Crippen LogP contribution in [0.2, 0.25) is 0 Å². The van der Waals surface area contributed by atoms with Crippen molar-refractivity contribution in [3.8, 4) is 0 Å². The molecule has 4 nitrogen and oxygen atoms in total. The zero-order chi connectivity index (χ0) is 14.7. The zero-order valence-corrected chi connectivity index (χ0v) is 14.0. The summed E-state index contributed by atoms with van der Waals surface area (Å²) >= 11 is 1.73. The van der Waals surface area contributed by atoms with Gasteiger partial charge in [0, 0.05) is 30.7 Å². The lowest BCUT2D eigenvalue weighted by Gasteiger charge is -2.19. The standard InChI is InChI=1S/C16H26N4S/c1-13-12-21-16-18-14(2)15(20(13)16)11-17-7-10-19-8-5-3-4-6-9-19/h12,17H,3-11H2,1-2H3. The van der Waals surface area contributed by atoms with Crippen LogP contribution in [0.5, 0.6) is 0 Å². The molecule has 0 spiro atoms. The summed E-state index contributed by atoms with van der Waals surface area (Å²) in [6.07, 6.45) is 5.57. The molecule has 0 saturated carbocycles. The van der Waals surface area contributed by atoms with E-state index >= 15 is 0 Å². The van der Waals surface area contributed by atoms with Crippen molar-refractivity contribution in [3.63, 3.8) is 0 Å². The molecular weight excluding hydrogens is 280 g/mol. The van der Waals surface area contributed by atoms with E-state index in [4.69, 9.17) is 0 Å². The van der Waals surface area contributed by atoms with Crippen molar-refractivity contribution in [2.24, 2.45) is 0 Å². The Bertz CT molecular complexity index is 578. The van der Waals surface area contributed by atoms with Crippen molar-refractivity contribution >= 4 is 16.3 Å². The summed E-state index contributed by atoms with van der Waals surface area (Å²) in [7, 11) is 0. The van der Waals surface area contributed by atoms with E-state index in [1.165, 1.54) is 56.7 Å². The molecule has 5 heteroatoms. The molecule has 116 valence electrons. The van der Waals surface area contributed by atoms with E-state index in [1.54, 1.807) is 11.3 Å². The molecule has 0 atom stereocenters. The SMILES string of the molecule is Cc1nc2scc(C)n2c1CNCCN1CCCCCC1. The number of fused-ring (bicyclic) bond motifs is 1. The van der Waals surface area contributed by atoms with E-state index in [9.17, 15) is 0 Å². The molecule has 1 fully saturated rings. The van der Waals surface area contributed by atoms with Gasteiger partial charge in [0.2, 0.25) is 0 Å². The van der Waals surface area contributed by atoms with E-state index in [-0.39, 0.29) is 0 Å². The topological polar surface area (TPSA) is 32.6 Å². The zero-order valence-electron chi connectivity index (χ0n) is 13.2. The highest BCUT2D eigenvalue weighted by molar-refractivity contribution is 7.15. The van der Waals surface area contributed by atoms with Crippen molar-refractivity contribution in [1.29, 1.82) is 0 Å². The molecule has 3 rings (SSSR count).